The molecule has 0 amide bonds. The van der Waals surface area contributed by atoms with Crippen LogP contribution >= 0.6 is 0 Å². The second-order valence-electron chi connectivity index (χ2n) is 4.24. The van der Waals surface area contributed by atoms with E-state index in [0.29, 0.717) is 16.7 Å². The van der Waals surface area contributed by atoms with E-state index < -0.39 is 30.5 Å². The Hall–Kier alpha value is -2.09. The summed E-state index contributed by atoms with van der Waals surface area (Å²) in [6, 6.07) is 2.24. The number of aromatic nitrogens is 2. The number of rotatable bonds is 6. The van der Waals surface area contributed by atoms with E-state index >= 15 is 0 Å². The molecule has 114 valence electrons. The zero-order valence-corrected chi connectivity index (χ0v) is 11.1. The lowest BCUT2D eigenvalue weighted by Gasteiger charge is -2.11. The zero-order chi connectivity index (χ0) is 15.4. The number of benzene rings is 1. The number of halogens is 4. The van der Waals surface area contributed by atoms with Crippen molar-refractivity contribution in [3.05, 3.63) is 47.5 Å². The number of hydrogen-bond acceptors (Lipinski definition) is 3. The van der Waals surface area contributed by atoms with Gasteiger partial charge in [0.15, 0.2) is 23.2 Å². The molecule has 0 atom stereocenters. The van der Waals surface area contributed by atoms with E-state index in [4.69, 9.17) is 4.74 Å². The summed E-state index contributed by atoms with van der Waals surface area (Å²) in [4.78, 5) is 3.66. The summed E-state index contributed by atoms with van der Waals surface area (Å²) in [5, 5.41) is 2.76. The molecule has 0 radical (unpaired) electrons. The zero-order valence-electron chi connectivity index (χ0n) is 11.1. The number of nitrogens with zero attached hydrogens (tertiary/aromatic N) is 2. The number of imidazole rings is 1. The molecule has 0 aliphatic rings. The molecule has 0 fully saturated rings. The van der Waals surface area contributed by atoms with Gasteiger partial charge < -0.3 is 10.1 Å². The van der Waals surface area contributed by atoms with Crippen molar-refractivity contribution in [3.8, 4) is 5.75 Å². The Morgan fingerprint density at radius 1 is 1.29 bits per heavy atom. The third-order valence-corrected chi connectivity index (χ3v) is 2.74. The van der Waals surface area contributed by atoms with Gasteiger partial charge in [0.25, 0.3) is 0 Å². The monoisotopic (exact) mass is 303 g/mol. The lowest BCUT2D eigenvalue weighted by atomic mass is 10.2. The summed E-state index contributed by atoms with van der Waals surface area (Å²) in [6.07, 6.45) is 2.22. The Labute approximate surface area is 118 Å². The van der Waals surface area contributed by atoms with Gasteiger partial charge in [-0.1, -0.05) is 0 Å². The van der Waals surface area contributed by atoms with Crippen LogP contribution in [0.1, 0.15) is 17.9 Å². The summed E-state index contributed by atoms with van der Waals surface area (Å²) >= 11 is 0. The Bertz CT molecular complexity index is 592. The molecule has 8 heteroatoms. The van der Waals surface area contributed by atoms with Crippen molar-refractivity contribution in [1.82, 2.24) is 14.9 Å². The summed E-state index contributed by atoms with van der Waals surface area (Å²) in [6.45, 7) is -2.96. The van der Waals surface area contributed by atoms with Crippen molar-refractivity contribution in [2.24, 2.45) is 0 Å². The highest BCUT2D eigenvalue weighted by molar-refractivity contribution is 5.31. The van der Waals surface area contributed by atoms with E-state index in [-0.39, 0.29) is 5.82 Å². The minimum atomic E-state index is -2.79. The minimum absolute atomic E-state index is 0.122. The molecule has 2 rings (SSSR count). The van der Waals surface area contributed by atoms with E-state index in [1.54, 1.807) is 7.05 Å². The van der Waals surface area contributed by atoms with Crippen LogP contribution in [0.25, 0.3) is 0 Å². The Kier molecular flexibility index (Phi) is 4.79. The predicted octanol–water partition coefficient (Wildman–Crippen LogP) is 2.85. The van der Waals surface area contributed by atoms with Crippen LogP contribution < -0.4 is 10.1 Å². The van der Waals surface area contributed by atoms with E-state index in [1.165, 1.54) is 0 Å². The maximum absolute atomic E-state index is 13.8. The molecule has 0 spiro atoms. The van der Waals surface area contributed by atoms with Crippen molar-refractivity contribution >= 4 is 0 Å². The van der Waals surface area contributed by atoms with Gasteiger partial charge in [0, 0.05) is 18.9 Å². The van der Waals surface area contributed by atoms with Crippen LogP contribution in [0.4, 0.5) is 17.6 Å². The second-order valence-corrected chi connectivity index (χ2v) is 4.24. The Morgan fingerprint density at radius 3 is 2.52 bits per heavy atom. The first-order valence-corrected chi connectivity index (χ1v) is 6.08. The highest BCUT2D eigenvalue weighted by atomic mass is 19.3. The summed E-state index contributed by atoms with van der Waals surface area (Å²) in [5.41, 5.74) is 0.411. The SMILES string of the molecule is CNCc1cc(F)c(OCc2nccn2C(F)F)c(F)c1. The first kappa shape index (κ1) is 15.3. The number of alkyl halides is 2. The molecule has 0 aliphatic heterocycles. The van der Waals surface area contributed by atoms with Gasteiger partial charge in [0.05, 0.1) is 0 Å². The average Bonchev–Trinajstić information content (AvgIpc) is 2.86. The van der Waals surface area contributed by atoms with E-state index in [1.807, 2.05) is 0 Å². The van der Waals surface area contributed by atoms with Gasteiger partial charge in [-0.2, -0.15) is 8.78 Å². The van der Waals surface area contributed by atoms with Gasteiger partial charge in [-0.15, -0.1) is 0 Å². The van der Waals surface area contributed by atoms with Gasteiger partial charge in [-0.3, -0.25) is 4.57 Å². The van der Waals surface area contributed by atoms with Crippen LogP contribution in [0.3, 0.4) is 0 Å². The fourth-order valence-electron chi connectivity index (χ4n) is 1.83. The molecule has 0 bridgehead atoms. The molecular weight excluding hydrogens is 290 g/mol. The first-order valence-electron chi connectivity index (χ1n) is 6.08. The maximum atomic E-state index is 13.8. The third kappa shape index (κ3) is 3.52. The van der Waals surface area contributed by atoms with Crippen molar-refractivity contribution in [3.63, 3.8) is 0 Å². The first-order chi connectivity index (χ1) is 10.0. The highest BCUT2D eigenvalue weighted by Gasteiger charge is 2.16. The summed E-state index contributed by atoms with van der Waals surface area (Å²) < 4.78 is 58.2. The third-order valence-electron chi connectivity index (χ3n) is 2.74. The molecule has 2 aromatic rings. The van der Waals surface area contributed by atoms with Crippen LogP contribution in [-0.4, -0.2) is 16.6 Å². The van der Waals surface area contributed by atoms with E-state index in [2.05, 4.69) is 10.3 Å². The second kappa shape index (κ2) is 6.57. The summed E-state index contributed by atoms with van der Waals surface area (Å²) in [7, 11) is 1.64. The molecule has 0 unspecified atom stereocenters. The van der Waals surface area contributed by atoms with Gasteiger partial charge in [0.2, 0.25) is 0 Å². The quantitative estimate of drug-likeness (QED) is 0.834. The fourth-order valence-corrected chi connectivity index (χ4v) is 1.83. The van der Waals surface area contributed by atoms with Gasteiger partial charge >= 0.3 is 6.55 Å². The van der Waals surface area contributed by atoms with Crippen LogP contribution in [0, 0.1) is 11.6 Å². The Morgan fingerprint density at radius 2 is 1.95 bits per heavy atom. The largest absolute Gasteiger partial charge is 0.480 e. The molecule has 21 heavy (non-hydrogen) atoms. The van der Waals surface area contributed by atoms with Gasteiger partial charge in [-0.05, 0) is 24.7 Å². The van der Waals surface area contributed by atoms with Gasteiger partial charge in [0.1, 0.15) is 6.61 Å². The predicted molar refractivity (Wildman–Crippen MR) is 66.9 cm³/mol. The summed E-state index contributed by atoms with van der Waals surface area (Å²) in [5.74, 6) is -2.52. The smallest absolute Gasteiger partial charge is 0.320 e. The van der Waals surface area contributed by atoms with Crippen LogP contribution in [0.2, 0.25) is 0 Å². The standard InChI is InChI=1S/C13H13F4N3O/c1-18-6-8-4-9(14)12(10(15)5-8)21-7-11-19-2-3-20(11)13(16)17/h2-5,13,18H,6-7H2,1H3. The Balaban J connectivity index is 2.15. The highest BCUT2D eigenvalue weighted by Crippen LogP contribution is 2.24. The van der Waals surface area contributed by atoms with Crippen molar-refractivity contribution in [2.75, 3.05) is 7.05 Å². The molecule has 0 aliphatic carbocycles. The molecule has 4 nitrogen and oxygen atoms in total. The minimum Gasteiger partial charge on any atom is -0.480 e. The molecule has 0 saturated carbocycles. The topological polar surface area (TPSA) is 39.1 Å². The fraction of sp³-hybridized carbons (Fsp3) is 0.308. The molecular formula is C13H13F4N3O. The molecule has 1 aromatic carbocycles. The van der Waals surface area contributed by atoms with E-state index in [0.717, 1.165) is 24.5 Å². The maximum Gasteiger partial charge on any atom is 0.320 e. The number of ether oxygens (including phenoxy) is 1. The van der Waals surface area contributed by atoms with Gasteiger partial charge in [-0.25, -0.2) is 13.8 Å². The average molecular weight is 303 g/mol. The van der Waals surface area contributed by atoms with Crippen LogP contribution in [-0.2, 0) is 13.2 Å². The molecule has 0 saturated heterocycles. The molecule has 1 heterocycles. The van der Waals surface area contributed by atoms with Crippen molar-refractivity contribution < 1.29 is 22.3 Å². The normalized spacial score (nSPS) is 11.1. The van der Waals surface area contributed by atoms with Crippen LogP contribution in [0.5, 0.6) is 5.75 Å². The van der Waals surface area contributed by atoms with Crippen molar-refractivity contribution in [1.29, 1.82) is 0 Å². The molecule has 1 N–H and O–H groups in total. The van der Waals surface area contributed by atoms with Crippen LogP contribution in [0.15, 0.2) is 24.5 Å². The number of hydrogen-bond donors (Lipinski definition) is 1. The van der Waals surface area contributed by atoms with Crippen molar-refractivity contribution in [2.45, 2.75) is 19.7 Å². The molecule has 1 aromatic heterocycles. The lowest BCUT2D eigenvalue weighted by molar-refractivity contribution is 0.0629. The van der Waals surface area contributed by atoms with E-state index in [9.17, 15) is 17.6 Å². The lowest BCUT2D eigenvalue weighted by Crippen LogP contribution is -2.10. The number of nitrogens with one attached hydrogen (secondary N) is 1.